The Hall–Kier alpha value is -1.85. The van der Waals surface area contributed by atoms with Gasteiger partial charge in [0.25, 0.3) is 0 Å². The van der Waals surface area contributed by atoms with Crippen molar-refractivity contribution >= 4 is 16.9 Å². The number of fused-ring (bicyclic) bond motifs is 1. The largest absolute Gasteiger partial charge is 0.464 e. The third kappa shape index (κ3) is 3.88. The SMILES string of the molecule is CO[C@@H]1CCOC[C@H]1NC(=O)Cc1coc2cc(C)c(C(C)C)cc12. The number of hydrogen-bond acceptors (Lipinski definition) is 4. The van der Waals surface area contributed by atoms with E-state index in [2.05, 4.69) is 38.2 Å². The fourth-order valence-electron chi connectivity index (χ4n) is 3.57. The Morgan fingerprint density at radius 1 is 1.40 bits per heavy atom. The van der Waals surface area contributed by atoms with Crippen molar-refractivity contribution in [1.29, 1.82) is 0 Å². The molecule has 1 N–H and O–H groups in total. The maximum atomic E-state index is 12.5. The fourth-order valence-corrected chi connectivity index (χ4v) is 3.57. The summed E-state index contributed by atoms with van der Waals surface area (Å²) in [5.41, 5.74) is 4.26. The Labute approximate surface area is 148 Å². The first-order valence-electron chi connectivity index (χ1n) is 8.90. The number of ether oxygens (including phenoxy) is 2. The molecule has 5 heteroatoms. The lowest BCUT2D eigenvalue weighted by Crippen LogP contribution is -2.50. The fraction of sp³-hybridized carbons (Fsp3) is 0.550. The molecule has 1 amide bonds. The van der Waals surface area contributed by atoms with Crippen LogP contribution in [0.3, 0.4) is 0 Å². The van der Waals surface area contributed by atoms with Crippen LogP contribution in [-0.2, 0) is 20.7 Å². The van der Waals surface area contributed by atoms with Gasteiger partial charge in [-0.1, -0.05) is 13.8 Å². The first kappa shape index (κ1) is 18.0. The summed E-state index contributed by atoms with van der Waals surface area (Å²) in [7, 11) is 1.68. The molecule has 0 saturated carbocycles. The average Bonchev–Trinajstić information content (AvgIpc) is 2.96. The number of aryl methyl sites for hydroxylation is 1. The molecule has 1 fully saturated rings. The van der Waals surface area contributed by atoms with Gasteiger partial charge in [0.1, 0.15) is 5.58 Å². The summed E-state index contributed by atoms with van der Waals surface area (Å²) >= 11 is 0. The van der Waals surface area contributed by atoms with Crippen LogP contribution >= 0.6 is 0 Å². The minimum atomic E-state index is -0.0992. The second-order valence-electron chi connectivity index (χ2n) is 7.11. The predicted octanol–water partition coefficient (Wildman–Crippen LogP) is 3.33. The Kier molecular flexibility index (Phi) is 5.45. The molecule has 2 heterocycles. The van der Waals surface area contributed by atoms with Gasteiger partial charge in [-0.3, -0.25) is 4.79 Å². The van der Waals surface area contributed by atoms with Crippen molar-refractivity contribution in [2.45, 2.75) is 51.7 Å². The van der Waals surface area contributed by atoms with Crippen LogP contribution in [0, 0.1) is 6.92 Å². The summed E-state index contributed by atoms with van der Waals surface area (Å²) in [5, 5.41) is 4.06. The van der Waals surface area contributed by atoms with E-state index in [1.807, 2.05) is 0 Å². The highest BCUT2D eigenvalue weighted by molar-refractivity contribution is 5.88. The highest BCUT2D eigenvalue weighted by atomic mass is 16.5. The van der Waals surface area contributed by atoms with E-state index in [0.29, 0.717) is 25.6 Å². The number of carbonyl (C=O) groups is 1. The number of nitrogens with one attached hydrogen (secondary N) is 1. The zero-order valence-corrected chi connectivity index (χ0v) is 15.4. The molecule has 25 heavy (non-hydrogen) atoms. The molecule has 0 aliphatic carbocycles. The molecule has 0 spiro atoms. The average molecular weight is 345 g/mol. The third-order valence-corrected chi connectivity index (χ3v) is 4.96. The number of carbonyl (C=O) groups excluding carboxylic acids is 1. The van der Waals surface area contributed by atoms with Crippen molar-refractivity contribution in [2.24, 2.45) is 0 Å². The molecule has 1 aliphatic heterocycles. The number of amides is 1. The molecule has 5 nitrogen and oxygen atoms in total. The molecule has 1 aliphatic rings. The minimum absolute atomic E-state index is 0.00832. The van der Waals surface area contributed by atoms with E-state index in [9.17, 15) is 4.79 Å². The molecule has 1 saturated heterocycles. The van der Waals surface area contributed by atoms with Crippen LogP contribution in [0.1, 0.15) is 42.9 Å². The third-order valence-electron chi connectivity index (χ3n) is 4.96. The summed E-state index contributed by atoms with van der Waals surface area (Å²) in [5.74, 6) is 0.398. The number of rotatable bonds is 5. The molecule has 1 aromatic heterocycles. The van der Waals surface area contributed by atoms with Crippen LogP contribution in [0.2, 0.25) is 0 Å². The molecule has 0 unspecified atom stereocenters. The Balaban J connectivity index is 1.76. The smallest absolute Gasteiger partial charge is 0.224 e. The number of hydrogen-bond donors (Lipinski definition) is 1. The first-order chi connectivity index (χ1) is 12.0. The molecule has 1 aromatic carbocycles. The minimum Gasteiger partial charge on any atom is -0.464 e. The molecule has 3 rings (SSSR count). The second-order valence-corrected chi connectivity index (χ2v) is 7.11. The molecular formula is C20H27NO4. The number of methoxy groups -OCH3 is 1. The Morgan fingerprint density at radius 3 is 2.92 bits per heavy atom. The highest BCUT2D eigenvalue weighted by Gasteiger charge is 2.27. The zero-order chi connectivity index (χ0) is 18.0. The van der Waals surface area contributed by atoms with E-state index in [1.54, 1.807) is 13.4 Å². The van der Waals surface area contributed by atoms with Crippen molar-refractivity contribution < 1.29 is 18.7 Å². The van der Waals surface area contributed by atoms with E-state index in [4.69, 9.17) is 13.9 Å². The lowest BCUT2D eigenvalue weighted by Gasteiger charge is -2.31. The van der Waals surface area contributed by atoms with Crippen LogP contribution in [0.4, 0.5) is 0 Å². The topological polar surface area (TPSA) is 60.7 Å². The Morgan fingerprint density at radius 2 is 2.20 bits per heavy atom. The molecule has 2 atom stereocenters. The monoisotopic (exact) mass is 345 g/mol. The van der Waals surface area contributed by atoms with Gasteiger partial charge in [0.15, 0.2) is 0 Å². The van der Waals surface area contributed by atoms with Crippen LogP contribution in [0.5, 0.6) is 0 Å². The van der Waals surface area contributed by atoms with Gasteiger partial charge in [0.05, 0.1) is 31.4 Å². The highest BCUT2D eigenvalue weighted by Crippen LogP contribution is 2.29. The summed E-state index contributed by atoms with van der Waals surface area (Å²) in [4.78, 5) is 12.5. The van der Waals surface area contributed by atoms with Crippen LogP contribution in [0.25, 0.3) is 11.0 Å². The molecule has 2 aromatic rings. The Bertz CT molecular complexity index is 749. The molecular weight excluding hydrogens is 318 g/mol. The number of furan rings is 1. The van der Waals surface area contributed by atoms with E-state index in [1.165, 1.54) is 11.1 Å². The molecule has 0 bridgehead atoms. The lowest BCUT2D eigenvalue weighted by atomic mass is 9.95. The summed E-state index contributed by atoms with van der Waals surface area (Å²) in [6.07, 6.45) is 2.79. The van der Waals surface area contributed by atoms with Gasteiger partial charge in [-0.15, -0.1) is 0 Å². The molecule has 0 radical (unpaired) electrons. The van der Waals surface area contributed by atoms with Crippen LogP contribution in [0.15, 0.2) is 22.8 Å². The second kappa shape index (κ2) is 7.58. The van der Waals surface area contributed by atoms with Crippen molar-refractivity contribution in [2.75, 3.05) is 20.3 Å². The van der Waals surface area contributed by atoms with E-state index < -0.39 is 0 Å². The summed E-state index contributed by atoms with van der Waals surface area (Å²) in [6, 6.07) is 4.11. The summed E-state index contributed by atoms with van der Waals surface area (Å²) in [6.45, 7) is 7.61. The quantitative estimate of drug-likeness (QED) is 0.903. The van der Waals surface area contributed by atoms with Gasteiger partial charge in [-0.05, 0) is 42.5 Å². The standard InChI is InChI=1S/C20H27NO4/c1-12(2)15-9-16-14(10-25-19(16)7-13(15)3)8-20(22)21-17-11-24-6-5-18(17)23-4/h7,9-10,12,17-18H,5-6,8,11H2,1-4H3,(H,21,22)/t17-,18-/m1/s1. The van der Waals surface area contributed by atoms with E-state index >= 15 is 0 Å². The van der Waals surface area contributed by atoms with Crippen molar-refractivity contribution in [3.05, 3.63) is 35.1 Å². The van der Waals surface area contributed by atoms with Crippen LogP contribution in [-0.4, -0.2) is 38.4 Å². The van der Waals surface area contributed by atoms with Gasteiger partial charge >= 0.3 is 0 Å². The maximum absolute atomic E-state index is 12.5. The van der Waals surface area contributed by atoms with Crippen LogP contribution < -0.4 is 5.32 Å². The van der Waals surface area contributed by atoms with Gasteiger partial charge in [-0.25, -0.2) is 0 Å². The number of benzene rings is 1. The first-order valence-corrected chi connectivity index (χ1v) is 8.90. The van der Waals surface area contributed by atoms with Gasteiger partial charge in [0, 0.05) is 24.7 Å². The van der Waals surface area contributed by atoms with Gasteiger partial charge in [-0.2, -0.15) is 0 Å². The lowest BCUT2D eigenvalue weighted by molar-refractivity contribution is -0.124. The van der Waals surface area contributed by atoms with Gasteiger partial charge < -0.3 is 19.2 Å². The zero-order valence-electron chi connectivity index (χ0n) is 15.4. The van der Waals surface area contributed by atoms with E-state index in [-0.39, 0.29) is 18.1 Å². The predicted molar refractivity (Wildman–Crippen MR) is 96.9 cm³/mol. The van der Waals surface area contributed by atoms with Crippen molar-refractivity contribution in [3.63, 3.8) is 0 Å². The van der Waals surface area contributed by atoms with Crippen molar-refractivity contribution in [3.8, 4) is 0 Å². The summed E-state index contributed by atoms with van der Waals surface area (Å²) < 4.78 is 16.6. The van der Waals surface area contributed by atoms with Gasteiger partial charge in [0.2, 0.25) is 5.91 Å². The van der Waals surface area contributed by atoms with Crippen molar-refractivity contribution in [1.82, 2.24) is 5.32 Å². The normalized spacial score (nSPS) is 21.0. The maximum Gasteiger partial charge on any atom is 0.224 e. The molecule has 136 valence electrons. The van der Waals surface area contributed by atoms with E-state index in [0.717, 1.165) is 23.0 Å².